The first-order chi connectivity index (χ1) is 11.1. The second kappa shape index (κ2) is 6.42. The molecular weight excluding hydrogens is 342 g/mol. The molecular formula is C15H8F6O3. The molecule has 0 spiro atoms. The van der Waals surface area contributed by atoms with Gasteiger partial charge in [0.1, 0.15) is 11.5 Å². The monoisotopic (exact) mass is 350 g/mol. The minimum atomic E-state index is -5.19. The molecule has 0 N–H and O–H groups in total. The molecule has 0 saturated carbocycles. The highest BCUT2D eigenvalue weighted by Crippen LogP contribution is 2.33. The maximum atomic E-state index is 12.5. The molecule has 3 nitrogen and oxygen atoms in total. The summed E-state index contributed by atoms with van der Waals surface area (Å²) in [5.41, 5.74) is -0.498. The fourth-order valence-corrected chi connectivity index (χ4v) is 1.84. The van der Waals surface area contributed by atoms with Crippen LogP contribution in [0.5, 0.6) is 11.5 Å². The summed E-state index contributed by atoms with van der Waals surface area (Å²) in [4.78, 5) is 12.2. The van der Waals surface area contributed by atoms with Crippen LogP contribution in [0.25, 0.3) is 0 Å². The summed E-state index contributed by atoms with van der Waals surface area (Å²) in [6, 6.07) is 9.11. The molecule has 24 heavy (non-hydrogen) atoms. The molecule has 0 aliphatic heterocycles. The van der Waals surface area contributed by atoms with Crippen LogP contribution in [0.2, 0.25) is 0 Å². The van der Waals surface area contributed by atoms with E-state index in [-0.39, 0.29) is 5.56 Å². The maximum Gasteiger partial charge on any atom is 0.573 e. The maximum absolute atomic E-state index is 12.5. The first-order valence-electron chi connectivity index (χ1n) is 6.30. The number of carbonyl (C=O) groups is 1. The summed E-state index contributed by atoms with van der Waals surface area (Å²) in [6.45, 7) is 0. The highest BCUT2D eigenvalue weighted by molar-refractivity contribution is 6.10. The van der Waals surface area contributed by atoms with Gasteiger partial charge < -0.3 is 9.47 Å². The van der Waals surface area contributed by atoms with Gasteiger partial charge in [-0.25, -0.2) is 0 Å². The van der Waals surface area contributed by atoms with E-state index in [4.69, 9.17) is 0 Å². The van der Waals surface area contributed by atoms with Gasteiger partial charge in [0.15, 0.2) is 5.78 Å². The number of halogens is 6. The van der Waals surface area contributed by atoms with Crippen LogP contribution in [-0.4, -0.2) is 18.5 Å². The molecule has 2 rings (SSSR count). The van der Waals surface area contributed by atoms with Gasteiger partial charge in [-0.3, -0.25) is 4.79 Å². The van der Waals surface area contributed by atoms with E-state index in [1.54, 1.807) is 6.07 Å². The lowest BCUT2D eigenvalue weighted by atomic mass is 10.0. The van der Waals surface area contributed by atoms with E-state index < -0.39 is 35.6 Å². The van der Waals surface area contributed by atoms with Crippen molar-refractivity contribution >= 4 is 5.78 Å². The summed E-state index contributed by atoms with van der Waals surface area (Å²) in [5.74, 6) is -2.86. The van der Waals surface area contributed by atoms with Crippen molar-refractivity contribution in [3.05, 3.63) is 59.7 Å². The van der Waals surface area contributed by atoms with Gasteiger partial charge >= 0.3 is 12.7 Å². The second-order valence-electron chi connectivity index (χ2n) is 4.45. The van der Waals surface area contributed by atoms with Crippen molar-refractivity contribution in [3.8, 4) is 11.5 Å². The van der Waals surface area contributed by atoms with Gasteiger partial charge in [0.25, 0.3) is 0 Å². The molecule has 0 bridgehead atoms. The quantitative estimate of drug-likeness (QED) is 0.592. The molecule has 2 aromatic carbocycles. The standard InChI is InChI=1S/C15H8F6O3/c16-14(17,18)23-10-6-7-11(12(8-10)24-15(19,20)21)13(22)9-4-2-1-3-5-9/h1-8H. The average Bonchev–Trinajstić information content (AvgIpc) is 2.44. The van der Waals surface area contributed by atoms with Gasteiger partial charge in [-0.05, 0) is 12.1 Å². The minimum absolute atomic E-state index is 0.0500. The summed E-state index contributed by atoms with van der Waals surface area (Å²) >= 11 is 0. The Balaban J connectivity index is 2.44. The van der Waals surface area contributed by atoms with Crippen molar-refractivity contribution in [2.75, 3.05) is 0 Å². The summed E-state index contributed by atoms with van der Waals surface area (Å²) in [5, 5.41) is 0. The van der Waals surface area contributed by atoms with Crippen LogP contribution in [-0.2, 0) is 0 Å². The lowest BCUT2D eigenvalue weighted by molar-refractivity contribution is -0.276. The van der Waals surface area contributed by atoms with Crippen LogP contribution < -0.4 is 9.47 Å². The fourth-order valence-electron chi connectivity index (χ4n) is 1.84. The molecule has 0 aliphatic rings. The number of carbonyl (C=O) groups excluding carboxylic acids is 1. The summed E-state index contributed by atoms with van der Waals surface area (Å²) in [7, 11) is 0. The molecule has 2 aromatic rings. The first kappa shape index (κ1) is 17.6. The Kier molecular flexibility index (Phi) is 4.72. The zero-order chi connectivity index (χ0) is 18.0. The number of ether oxygens (including phenoxy) is 2. The molecule has 0 atom stereocenters. The third kappa shape index (κ3) is 4.90. The van der Waals surface area contributed by atoms with Gasteiger partial charge in [0.05, 0.1) is 5.56 Å². The van der Waals surface area contributed by atoms with Gasteiger partial charge in [-0.2, -0.15) is 0 Å². The van der Waals surface area contributed by atoms with E-state index in [9.17, 15) is 31.1 Å². The normalized spacial score (nSPS) is 11.9. The fraction of sp³-hybridized carbons (Fsp3) is 0.133. The van der Waals surface area contributed by atoms with Crippen molar-refractivity contribution in [2.24, 2.45) is 0 Å². The molecule has 0 aliphatic carbocycles. The van der Waals surface area contributed by atoms with Gasteiger partial charge in [-0.15, -0.1) is 26.3 Å². The molecule has 0 heterocycles. The summed E-state index contributed by atoms with van der Waals surface area (Å²) in [6.07, 6.45) is -10.3. The van der Waals surface area contributed by atoms with Gasteiger partial charge in [0.2, 0.25) is 0 Å². The highest BCUT2D eigenvalue weighted by Gasteiger charge is 2.35. The van der Waals surface area contributed by atoms with Crippen LogP contribution in [0.4, 0.5) is 26.3 Å². The third-order valence-electron chi connectivity index (χ3n) is 2.69. The van der Waals surface area contributed by atoms with Crippen LogP contribution in [0.3, 0.4) is 0 Å². The number of hydrogen-bond acceptors (Lipinski definition) is 3. The first-order valence-corrected chi connectivity index (χ1v) is 6.30. The number of rotatable bonds is 4. The zero-order valence-electron chi connectivity index (χ0n) is 11.6. The number of benzene rings is 2. The van der Waals surface area contributed by atoms with E-state index in [1.165, 1.54) is 24.3 Å². The smallest absolute Gasteiger partial charge is 0.406 e. The third-order valence-corrected chi connectivity index (χ3v) is 2.69. The molecule has 0 unspecified atom stereocenters. The largest absolute Gasteiger partial charge is 0.573 e. The Morgan fingerprint density at radius 1 is 0.792 bits per heavy atom. The van der Waals surface area contributed by atoms with E-state index in [2.05, 4.69) is 9.47 Å². The van der Waals surface area contributed by atoms with E-state index in [1.807, 2.05) is 0 Å². The van der Waals surface area contributed by atoms with Crippen molar-refractivity contribution in [3.63, 3.8) is 0 Å². The molecule has 0 aromatic heterocycles. The Bertz CT molecular complexity index is 722. The van der Waals surface area contributed by atoms with Gasteiger partial charge in [-0.1, -0.05) is 30.3 Å². The van der Waals surface area contributed by atoms with Gasteiger partial charge in [0, 0.05) is 11.6 Å². The number of hydrogen-bond donors (Lipinski definition) is 0. The SMILES string of the molecule is O=C(c1ccccc1)c1ccc(OC(F)(F)F)cc1OC(F)(F)F. The molecule has 9 heteroatoms. The van der Waals surface area contributed by atoms with Crippen molar-refractivity contribution in [1.82, 2.24) is 0 Å². The topological polar surface area (TPSA) is 35.5 Å². The van der Waals surface area contributed by atoms with Crippen molar-refractivity contribution < 1.29 is 40.6 Å². The molecule has 0 saturated heterocycles. The molecule has 0 fully saturated rings. The number of ketones is 1. The van der Waals surface area contributed by atoms with Crippen LogP contribution >= 0.6 is 0 Å². The minimum Gasteiger partial charge on any atom is -0.406 e. The predicted molar refractivity (Wildman–Crippen MR) is 69.7 cm³/mol. The molecule has 128 valence electrons. The predicted octanol–water partition coefficient (Wildman–Crippen LogP) is 4.71. The van der Waals surface area contributed by atoms with Crippen LogP contribution in [0.15, 0.2) is 48.5 Å². The van der Waals surface area contributed by atoms with Crippen molar-refractivity contribution in [1.29, 1.82) is 0 Å². The average molecular weight is 350 g/mol. The van der Waals surface area contributed by atoms with E-state index in [0.29, 0.717) is 6.07 Å². The Morgan fingerprint density at radius 2 is 1.38 bits per heavy atom. The van der Waals surface area contributed by atoms with Crippen LogP contribution in [0, 0.1) is 0 Å². The lowest BCUT2D eigenvalue weighted by Gasteiger charge is -2.15. The molecule has 0 radical (unpaired) electrons. The second-order valence-corrected chi connectivity index (χ2v) is 4.45. The van der Waals surface area contributed by atoms with E-state index >= 15 is 0 Å². The lowest BCUT2D eigenvalue weighted by Crippen LogP contribution is -2.20. The van der Waals surface area contributed by atoms with Crippen molar-refractivity contribution in [2.45, 2.75) is 12.7 Å². The Hall–Kier alpha value is -2.71. The zero-order valence-corrected chi connectivity index (χ0v) is 11.6. The summed E-state index contributed by atoms with van der Waals surface area (Å²) < 4.78 is 81.1. The van der Waals surface area contributed by atoms with Crippen LogP contribution in [0.1, 0.15) is 15.9 Å². The Morgan fingerprint density at radius 3 is 1.92 bits per heavy atom. The van der Waals surface area contributed by atoms with E-state index in [0.717, 1.165) is 12.1 Å². The highest BCUT2D eigenvalue weighted by atomic mass is 19.4. The molecule has 0 amide bonds. The number of alkyl halides is 6. The Labute approximate surface area is 131 Å².